The lowest BCUT2D eigenvalue weighted by molar-refractivity contribution is 0.0942. The van der Waals surface area contributed by atoms with E-state index in [1.54, 1.807) is 38.3 Å². The van der Waals surface area contributed by atoms with E-state index in [-0.39, 0.29) is 17.5 Å². The van der Waals surface area contributed by atoms with E-state index in [0.717, 1.165) is 0 Å². The molecule has 1 amide bonds. The van der Waals surface area contributed by atoms with E-state index in [2.05, 4.69) is 42.7 Å². The third-order valence-corrected chi connectivity index (χ3v) is 3.56. The predicted molar refractivity (Wildman–Crippen MR) is 91.0 cm³/mol. The maximum atomic E-state index is 12.2. The van der Waals surface area contributed by atoms with Crippen molar-refractivity contribution < 1.29 is 14.2 Å². The van der Waals surface area contributed by atoms with Crippen molar-refractivity contribution in [1.82, 2.24) is 36.2 Å². The third-order valence-electron chi connectivity index (χ3n) is 3.56. The van der Waals surface area contributed by atoms with Crippen LogP contribution in [-0.4, -0.2) is 38.3 Å². The number of nitrogens with one attached hydrogen (secondary N) is 2. The lowest BCUT2D eigenvalue weighted by atomic mass is 10.2. The molecular formula is C15H16N8O3. The van der Waals surface area contributed by atoms with Gasteiger partial charge < -0.3 is 10.5 Å². The molecule has 2 heterocycles. The average Bonchev–Trinajstić information content (AvgIpc) is 3.24. The Hall–Kier alpha value is -3.89. The minimum absolute atomic E-state index is 0.0796. The van der Waals surface area contributed by atoms with E-state index in [4.69, 9.17) is 10.5 Å². The van der Waals surface area contributed by atoms with Crippen LogP contribution in [0.25, 0.3) is 11.5 Å². The first-order valence-corrected chi connectivity index (χ1v) is 7.41. The summed E-state index contributed by atoms with van der Waals surface area (Å²) in [6.07, 6.45) is 0. The summed E-state index contributed by atoms with van der Waals surface area (Å²) in [5.41, 5.74) is 12.7. The Balaban J connectivity index is 1.68. The Labute approximate surface area is 147 Å². The van der Waals surface area contributed by atoms with Crippen LogP contribution in [0.1, 0.15) is 21.7 Å². The van der Waals surface area contributed by atoms with Crippen molar-refractivity contribution in [2.45, 2.75) is 6.92 Å². The molecule has 0 unspecified atom stereocenters. The Bertz CT molecular complexity index is 944. The normalized spacial score (nSPS) is 10.4. The standard InChI is InChI=1S/C15H16N8O3/c1-8(17-19-15(24)10-4-6-11(25-3)7-5-10)12-9(2)23(22-18-12)14-13(16)20-26-21-14/h4-7,17H,1H2,2-3H3,(H2,16,20)(H,19,24). The van der Waals surface area contributed by atoms with Gasteiger partial charge in [0, 0.05) is 5.56 Å². The molecule has 3 rings (SSSR count). The number of hydrogen-bond acceptors (Lipinski definition) is 9. The third kappa shape index (κ3) is 3.17. The highest BCUT2D eigenvalue weighted by atomic mass is 16.6. The molecule has 2 aromatic heterocycles. The van der Waals surface area contributed by atoms with Gasteiger partial charge in [-0.15, -0.1) is 5.10 Å². The molecule has 11 nitrogen and oxygen atoms in total. The number of anilines is 1. The van der Waals surface area contributed by atoms with Gasteiger partial charge in [0.05, 0.1) is 18.5 Å². The highest BCUT2D eigenvalue weighted by molar-refractivity contribution is 5.94. The molecule has 0 bridgehead atoms. The van der Waals surface area contributed by atoms with E-state index >= 15 is 0 Å². The zero-order valence-corrected chi connectivity index (χ0v) is 14.1. The van der Waals surface area contributed by atoms with Gasteiger partial charge in [0.25, 0.3) is 5.91 Å². The molecule has 11 heteroatoms. The summed E-state index contributed by atoms with van der Waals surface area (Å²) in [4.78, 5) is 12.2. The smallest absolute Gasteiger partial charge is 0.269 e. The summed E-state index contributed by atoms with van der Waals surface area (Å²) in [6, 6.07) is 6.66. The van der Waals surface area contributed by atoms with Gasteiger partial charge in [-0.05, 0) is 41.5 Å². The molecule has 0 atom stereocenters. The zero-order valence-electron chi connectivity index (χ0n) is 14.1. The van der Waals surface area contributed by atoms with Crippen molar-refractivity contribution in [3.05, 3.63) is 47.8 Å². The Morgan fingerprint density at radius 1 is 1.27 bits per heavy atom. The number of carbonyl (C=O) groups excluding carboxylic acids is 1. The number of aromatic nitrogens is 5. The van der Waals surface area contributed by atoms with Crippen LogP contribution in [0.5, 0.6) is 5.75 Å². The number of ether oxygens (including phenoxy) is 1. The fourth-order valence-electron chi connectivity index (χ4n) is 2.15. The molecule has 0 spiro atoms. The highest BCUT2D eigenvalue weighted by Gasteiger charge is 2.18. The van der Waals surface area contributed by atoms with Gasteiger partial charge in [0.2, 0.25) is 11.6 Å². The number of benzene rings is 1. The molecule has 1 aromatic carbocycles. The highest BCUT2D eigenvalue weighted by Crippen LogP contribution is 2.17. The van der Waals surface area contributed by atoms with Crippen molar-refractivity contribution >= 4 is 17.4 Å². The van der Waals surface area contributed by atoms with Crippen LogP contribution in [0.3, 0.4) is 0 Å². The minimum Gasteiger partial charge on any atom is -0.497 e. The van der Waals surface area contributed by atoms with Gasteiger partial charge in [0.15, 0.2) is 0 Å². The molecule has 0 aliphatic carbocycles. The number of nitrogens with zero attached hydrogens (tertiary/aromatic N) is 5. The van der Waals surface area contributed by atoms with Crippen molar-refractivity contribution in [1.29, 1.82) is 0 Å². The second-order valence-electron chi connectivity index (χ2n) is 5.19. The number of hydrazine groups is 1. The molecule has 0 aliphatic rings. The van der Waals surface area contributed by atoms with E-state index < -0.39 is 0 Å². The Morgan fingerprint density at radius 2 is 2.00 bits per heavy atom. The van der Waals surface area contributed by atoms with E-state index in [0.29, 0.717) is 28.4 Å². The number of methoxy groups -OCH3 is 1. The van der Waals surface area contributed by atoms with Crippen molar-refractivity contribution in [3.63, 3.8) is 0 Å². The Morgan fingerprint density at radius 3 is 2.62 bits per heavy atom. The summed E-state index contributed by atoms with van der Waals surface area (Å²) >= 11 is 0. The van der Waals surface area contributed by atoms with Gasteiger partial charge in [-0.2, -0.15) is 4.68 Å². The first-order chi connectivity index (χ1) is 12.5. The largest absolute Gasteiger partial charge is 0.497 e. The maximum absolute atomic E-state index is 12.2. The molecular weight excluding hydrogens is 340 g/mol. The topological polar surface area (TPSA) is 146 Å². The van der Waals surface area contributed by atoms with Gasteiger partial charge in [-0.1, -0.05) is 11.8 Å². The van der Waals surface area contributed by atoms with Crippen LogP contribution >= 0.6 is 0 Å². The van der Waals surface area contributed by atoms with Gasteiger partial charge in [-0.3, -0.25) is 15.6 Å². The zero-order chi connectivity index (χ0) is 18.7. The van der Waals surface area contributed by atoms with Crippen LogP contribution in [-0.2, 0) is 0 Å². The molecule has 0 fully saturated rings. The van der Waals surface area contributed by atoms with E-state index in [1.807, 2.05) is 0 Å². The number of hydrogen-bond donors (Lipinski definition) is 3. The predicted octanol–water partition coefficient (Wildman–Crippen LogP) is 0.455. The van der Waals surface area contributed by atoms with Crippen LogP contribution in [0.2, 0.25) is 0 Å². The molecule has 0 saturated carbocycles. The molecule has 26 heavy (non-hydrogen) atoms. The molecule has 0 aliphatic heterocycles. The maximum Gasteiger partial charge on any atom is 0.269 e. The first-order valence-electron chi connectivity index (χ1n) is 7.41. The number of nitrogen functional groups attached to an aromatic ring is 1. The summed E-state index contributed by atoms with van der Waals surface area (Å²) in [7, 11) is 1.55. The van der Waals surface area contributed by atoms with Crippen molar-refractivity contribution in [2.24, 2.45) is 0 Å². The van der Waals surface area contributed by atoms with Gasteiger partial charge in [-0.25, -0.2) is 4.63 Å². The van der Waals surface area contributed by atoms with Crippen LogP contribution in [0.4, 0.5) is 5.82 Å². The van der Waals surface area contributed by atoms with E-state index in [1.165, 1.54) is 4.68 Å². The Kier molecular flexibility index (Phi) is 4.51. The summed E-state index contributed by atoms with van der Waals surface area (Å²) in [6.45, 7) is 5.58. The van der Waals surface area contributed by atoms with Crippen molar-refractivity contribution in [2.75, 3.05) is 12.8 Å². The SMILES string of the molecule is C=C(NNC(=O)c1ccc(OC)cc1)c1nnn(-c2nonc2N)c1C. The fourth-order valence-corrected chi connectivity index (χ4v) is 2.15. The average molecular weight is 356 g/mol. The van der Waals surface area contributed by atoms with Gasteiger partial charge in [0.1, 0.15) is 11.4 Å². The summed E-state index contributed by atoms with van der Waals surface area (Å²) in [5, 5.41) is 15.1. The second kappa shape index (κ2) is 6.93. The molecule has 134 valence electrons. The van der Waals surface area contributed by atoms with E-state index in [9.17, 15) is 4.79 Å². The summed E-state index contributed by atoms with van der Waals surface area (Å²) in [5.74, 6) is 0.615. The molecule has 0 saturated heterocycles. The molecule has 4 N–H and O–H groups in total. The van der Waals surface area contributed by atoms with Crippen LogP contribution < -0.4 is 21.3 Å². The minimum atomic E-state index is -0.344. The number of rotatable bonds is 6. The van der Waals surface area contributed by atoms with Crippen LogP contribution in [0.15, 0.2) is 35.5 Å². The monoisotopic (exact) mass is 356 g/mol. The molecule has 3 aromatic rings. The number of nitrogens with two attached hydrogens (primary N) is 1. The fraction of sp³-hybridized carbons (Fsp3) is 0.133. The number of carbonyl (C=O) groups is 1. The summed E-state index contributed by atoms with van der Waals surface area (Å²) < 4.78 is 11.0. The number of amides is 1. The lowest BCUT2D eigenvalue weighted by Gasteiger charge is -2.10. The van der Waals surface area contributed by atoms with Gasteiger partial charge >= 0.3 is 0 Å². The molecule has 0 radical (unpaired) electrons. The quantitative estimate of drug-likeness (QED) is 0.536. The second-order valence-corrected chi connectivity index (χ2v) is 5.19. The lowest BCUT2D eigenvalue weighted by Crippen LogP contribution is -2.36. The van der Waals surface area contributed by atoms with Crippen LogP contribution in [0, 0.1) is 6.92 Å². The van der Waals surface area contributed by atoms with Crippen molar-refractivity contribution in [3.8, 4) is 11.6 Å². The first kappa shape index (κ1) is 17.0.